The third-order valence-electron chi connectivity index (χ3n) is 4.04. The van der Waals surface area contributed by atoms with Gasteiger partial charge in [-0.05, 0) is 32.4 Å². The number of nitrogens with zero attached hydrogens (tertiary/aromatic N) is 1. The molecule has 2 unspecified atom stereocenters. The molecule has 7 heteroatoms. The van der Waals surface area contributed by atoms with Crippen molar-refractivity contribution in [1.82, 2.24) is 0 Å². The van der Waals surface area contributed by atoms with Crippen LogP contribution in [0.1, 0.15) is 34.1 Å². The van der Waals surface area contributed by atoms with Crippen LogP contribution in [0.25, 0.3) is 0 Å². The second kappa shape index (κ2) is 15.8. The average Bonchev–Trinajstić information content (AvgIpc) is 3.22. The van der Waals surface area contributed by atoms with E-state index >= 15 is 0 Å². The maximum absolute atomic E-state index is 12.8. The van der Waals surface area contributed by atoms with Gasteiger partial charge < -0.3 is 19.5 Å². The highest BCUT2D eigenvalue weighted by Crippen LogP contribution is 2.27. The van der Waals surface area contributed by atoms with E-state index in [0.29, 0.717) is 37.8 Å². The molecule has 1 aliphatic heterocycles. The average molecular weight is 432 g/mol. The SMILES string of the molecule is C/C=C\COc1cccc(N(CC2CCOC2)CC(O)C(F)(F)F)c1.C=CC.CC. The fourth-order valence-corrected chi connectivity index (χ4v) is 2.65. The summed E-state index contributed by atoms with van der Waals surface area (Å²) < 4.78 is 49.2. The molecule has 1 aromatic carbocycles. The Hall–Kier alpha value is -1.99. The standard InChI is InChI=1S/C18H24F3NO3.C3H6.C2H6/c1-2-3-8-25-16-6-4-5-15(10-16)22(11-14-7-9-24-13-14)12-17(23)18(19,20)21;1-3-2;1-2/h2-6,10,14,17,23H,7-9,11-13H2,1H3;3H,1H2,2H3;1-2H3/b3-2-;;. The number of hydrogen-bond donors (Lipinski definition) is 1. The number of benzene rings is 1. The van der Waals surface area contributed by atoms with Gasteiger partial charge in [0.1, 0.15) is 12.4 Å². The number of aliphatic hydroxyl groups excluding tert-OH is 1. The minimum atomic E-state index is -4.65. The maximum atomic E-state index is 12.8. The van der Waals surface area contributed by atoms with Crippen LogP contribution in [-0.2, 0) is 4.74 Å². The number of aliphatic hydroxyl groups is 1. The number of alkyl halides is 3. The van der Waals surface area contributed by atoms with E-state index in [4.69, 9.17) is 9.47 Å². The number of anilines is 1. The first-order chi connectivity index (χ1) is 14.3. The summed E-state index contributed by atoms with van der Waals surface area (Å²) in [5.74, 6) is 0.720. The summed E-state index contributed by atoms with van der Waals surface area (Å²) in [6.07, 6.45) is -0.799. The van der Waals surface area contributed by atoms with E-state index in [1.807, 2.05) is 39.8 Å². The maximum Gasteiger partial charge on any atom is 0.416 e. The summed E-state index contributed by atoms with van der Waals surface area (Å²) in [5.41, 5.74) is 0.591. The molecule has 0 amide bonds. The van der Waals surface area contributed by atoms with Crippen molar-refractivity contribution >= 4 is 5.69 Å². The van der Waals surface area contributed by atoms with E-state index in [0.717, 1.165) is 6.42 Å². The monoisotopic (exact) mass is 431 g/mol. The topological polar surface area (TPSA) is 41.9 Å². The minimum absolute atomic E-state index is 0.146. The Morgan fingerprint density at radius 2 is 2.00 bits per heavy atom. The van der Waals surface area contributed by atoms with Crippen molar-refractivity contribution in [3.63, 3.8) is 0 Å². The Labute approximate surface area is 179 Å². The summed E-state index contributed by atoms with van der Waals surface area (Å²) >= 11 is 0. The molecule has 1 aliphatic rings. The van der Waals surface area contributed by atoms with E-state index in [-0.39, 0.29) is 5.92 Å². The van der Waals surface area contributed by atoms with Gasteiger partial charge in [-0.2, -0.15) is 13.2 Å². The molecule has 30 heavy (non-hydrogen) atoms. The molecule has 4 nitrogen and oxygen atoms in total. The van der Waals surface area contributed by atoms with Crippen LogP contribution in [0.2, 0.25) is 0 Å². The van der Waals surface area contributed by atoms with Crippen molar-refractivity contribution in [1.29, 1.82) is 0 Å². The van der Waals surface area contributed by atoms with Gasteiger partial charge in [0.15, 0.2) is 6.10 Å². The van der Waals surface area contributed by atoms with Crippen LogP contribution in [-0.4, -0.2) is 50.3 Å². The van der Waals surface area contributed by atoms with Crippen LogP contribution < -0.4 is 9.64 Å². The van der Waals surface area contributed by atoms with E-state index in [1.165, 1.54) is 0 Å². The summed E-state index contributed by atoms with van der Waals surface area (Å²) in [6, 6.07) is 6.91. The van der Waals surface area contributed by atoms with Crippen molar-refractivity contribution in [2.45, 2.75) is 46.4 Å². The van der Waals surface area contributed by atoms with Gasteiger partial charge >= 0.3 is 6.18 Å². The van der Waals surface area contributed by atoms with Gasteiger partial charge in [-0.3, -0.25) is 0 Å². The number of ether oxygens (including phenoxy) is 2. The first kappa shape index (κ1) is 28.0. The zero-order valence-electron chi connectivity index (χ0n) is 18.5. The van der Waals surface area contributed by atoms with Crippen LogP contribution in [0, 0.1) is 5.92 Å². The van der Waals surface area contributed by atoms with Crippen LogP contribution >= 0.6 is 0 Å². The zero-order chi connectivity index (χ0) is 23.0. The number of rotatable bonds is 8. The summed E-state index contributed by atoms with van der Waals surface area (Å²) in [4.78, 5) is 1.56. The molecule has 0 aliphatic carbocycles. The van der Waals surface area contributed by atoms with Gasteiger partial charge in [-0.25, -0.2) is 0 Å². The lowest BCUT2D eigenvalue weighted by Crippen LogP contribution is -2.43. The zero-order valence-corrected chi connectivity index (χ0v) is 18.5. The molecule has 2 atom stereocenters. The third-order valence-corrected chi connectivity index (χ3v) is 4.04. The summed E-state index contributed by atoms with van der Waals surface area (Å²) in [7, 11) is 0. The molecule has 0 bridgehead atoms. The molecule has 1 heterocycles. The fourth-order valence-electron chi connectivity index (χ4n) is 2.65. The highest BCUT2D eigenvalue weighted by Gasteiger charge is 2.39. The predicted molar refractivity (Wildman–Crippen MR) is 117 cm³/mol. The molecule has 1 aromatic rings. The molecule has 0 saturated carbocycles. The minimum Gasteiger partial charge on any atom is -0.489 e. The van der Waals surface area contributed by atoms with Crippen LogP contribution in [0.3, 0.4) is 0 Å². The molecule has 172 valence electrons. The van der Waals surface area contributed by atoms with Gasteiger partial charge in [0.2, 0.25) is 0 Å². The smallest absolute Gasteiger partial charge is 0.416 e. The Balaban J connectivity index is 0.00000154. The molecule has 1 N–H and O–H groups in total. The van der Waals surface area contributed by atoms with Crippen LogP contribution in [0.15, 0.2) is 49.1 Å². The van der Waals surface area contributed by atoms with Crippen molar-refractivity contribution in [3.05, 3.63) is 49.1 Å². The Morgan fingerprint density at radius 1 is 1.33 bits per heavy atom. The molecule has 1 fully saturated rings. The normalized spacial score (nSPS) is 16.7. The number of hydrogen-bond acceptors (Lipinski definition) is 4. The Kier molecular flexibility index (Phi) is 14.7. The second-order valence-electron chi connectivity index (χ2n) is 6.48. The van der Waals surface area contributed by atoms with Gasteiger partial charge in [0, 0.05) is 30.8 Å². The highest BCUT2D eigenvalue weighted by molar-refractivity contribution is 5.51. The molecule has 0 radical (unpaired) electrons. The molecule has 0 aromatic heterocycles. The number of halogens is 3. The van der Waals surface area contributed by atoms with Crippen molar-refractivity contribution < 1.29 is 27.8 Å². The third kappa shape index (κ3) is 11.3. The summed E-state index contributed by atoms with van der Waals surface area (Å²) in [6.45, 7) is 12.5. The second-order valence-corrected chi connectivity index (χ2v) is 6.48. The molecule has 2 rings (SSSR count). The van der Waals surface area contributed by atoms with E-state index < -0.39 is 18.8 Å². The van der Waals surface area contributed by atoms with E-state index in [2.05, 4.69) is 6.58 Å². The predicted octanol–water partition coefficient (Wildman–Crippen LogP) is 5.63. The first-order valence-corrected chi connectivity index (χ1v) is 10.3. The van der Waals surface area contributed by atoms with E-state index in [9.17, 15) is 18.3 Å². The van der Waals surface area contributed by atoms with Gasteiger partial charge in [-0.15, -0.1) is 6.58 Å². The fraction of sp³-hybridized carbons (Fsp3) is 0.565. The molecule has 0 spiro atoms. The van der Waals surface area contributed by atoms with Crippen molar-refractivity contribution in [2.75, 3.05) is 37.8 Å². The van der Waals surface area contributed by atoms with Crippen molar-refractivity contribution in [2.24, 2.45) is 5.92 Å². The van der Waals surface area contributed by atoms with Crippen molar-refractivity contribution in [3.8, 4) is 5.75 Å². The van der Waals surface area contributed by atoms with Crippen LogP contribution in [0.5, 0.6) is 5.75 Å². The largest absolute Gasteiger partial charge is 0.489 e. The lowest BCUT2D eigenvalue weighted by molar-refractivity contribution is -0.200. The Bertz CT molecular complexity index is 600. The van der Waals surface area contributed by atoms with E-state index in [1.54, 1.807) is 35.2 Å². The quantitative estimate of drug-likeness (QED) is 0.542. The molecular weight excluding hydrogens is 395 g/mol. The Morgan fingerprint density at radius 3 is 2.53 bits per heavy atom. The highest BCUT2D eigenvalue weighted by atomic mass is 19.4. The first-order valence-electron chi connectivity index (χ1n) is 10.3. The van der Waals surface area contributed by atoms with Gasteiger partial charge in [-0.1, -0.05) is 38.1 Å². The summed E-state index contributed by atoms with van der Waals surface area (Å²) in [5, 5.41) is 9.50. The lowest BCUT2D eigenvalue weighted by Gasteiger charge is -2.30. The van der Waals surface area contributed by atoms with Gasteiger partial charge in [0.05, 0.1) is 13.2 Å². The van der Waals surface area contributed by atoms with Crippen LogP contribution in [0.4, 0.5) is 18.9 Å². The molecular formula is C23H36F3NO3. The molecule has 1 saturated heterocycles. The van der Waals surface area contributed by atoms with Gasteiger partial charge in [0.25, 0.3) is 0 Å². The number of allylic oxidation sites excluding steroid dienone is 2. The lowest BCUT2D eigenvalue weighted by atomic mass is 10.1.